The number of carbonyl (C=O) groups excluding carboxylic acids is 2. The minimum absolute atomic E-state index is 0.0746. The minimum Gasteiger partial charge on any atom is -0.496 e. The molecule has 2 saturated heterocycles. The Morgan fingerprint density at radius 1 is 1.21 bits per heavy atom. The first-order valence-electron chi connectivity index (χ1n) is 11.4. The summed E-state index contributed by atoms with van der Waals surface area (Å²) in [4.78, 5) is 29.0. The number of hydrogen-bond acceptors (Lipinski definition) is 6. The highest BCUT2D eigenvalue weighted by atomic mass is 16.7. The molecule has 2 aromatic rings. The smallest absolute Gasteiger partial charge is 0.233 e. The van der Waals surface area contributed by atoms with Gasteiger partial charge in [-0.05, 0) is 30.7 Å². The van der Waals surface area contributed by atoms with Crippen molar-refractivity contribution in [2.75, 3.05) is 20.4 Å². The lowest BCUT2D eigenvalue weighted by molar-refractivity contribution is -0.143. The van der Waals surface area contributed by atoms with Gasteiger partial charge in [0.15, 0.2) is 11.5 Å². The van der Waals surface area contributed by atoms with Gasteiger partial charge in [0.1, 0.15) is 11.4 Å². The fraction of sp³-hybridized carbons (Fsp3) is 0.385. The number of fused-ring (bicyclic) bond motifs is 2. The standard InChI is InChI=1S/C26H26N2O6/c1-25-22(23(29)27-12-17-5-3-4-6-18(17)31-2)20-9-10-26(25,34-20)14-28(24(25)30)13-16-7-8-19-21(11-16)33-15-32-19/h3-11,20,22H,12-15H2,1-2H3,(H,27,29)/t20-,22+,25-,26+/m1/s1. The number of para-hydroxylation sites is 1. The van der Waals surface area contributed by atoms with Crippen LogP contribution in [-0.4, -0.2) is 48.9 Å². The van der Waals surface area contributed by atoms with E-state index in [1.54, 1.807) is 12.0 Å². The largest absolute Gasteiger partial charge is 0.496 e. The predicted molar refractivity (Wildman–Crippen MR) is 121 cm³/mol. The van der Waals surface area contributed by atoms with Crippen LogP contribution in [0.25, 0.3) is 0 Å². The Labute approximate surface area is 197 Å². The zero-order valence-electron chi connectivity index (χ0n) is 19.1. The zero-order chi connectivity index (χ0) is 23.5. The van der Waals surface area contributed by atoms with E-state index in [1.807, 2.05) is 61.5 Å². The monoisotopic (exact) mass is 462 g/mol. The van der Waals surface area contributed by atoms with E-state index in [0.717, 1.165) is 11.1 Å². The summed E-state index contributed by atoms with van der Waals surface area (Å²) in [5.74, 6) is 1.22. The Hall–Kier alpha value is -3.52. The quantitative estimate of drug-likeness (QED) is 0.664. The molecule has 8 heteroatoms. The van der Waals surface area contributed by atoms with Crippen LogP contribution in [0.1, 0.15) is 18.1 Å². The summed E-state index contributed by atoms with van der Waals surface area (Å²) in [6.07, 6.45) is 3.48. The molecular formula is C26H26N2O6. The Bertz CT molecular complexity index is 1210. The van der Waals surface area contributed by atoms with Crippen molar-refractivity contribution in [2.24, 2.45) is 11.3 Å². The normalized spacial score (nSPS) is 30.1. The molecule has 4 heterocycles. The van der Waals surface area contributed by atoms with Crippen LogP contribution in [0.2, 0.25) is 0 Å². The summed E-state index contributed by atoms with van der Waals surface area (Å²) in [5.41, 5.74) is 0.0267. The van der Waals surface area contributed by atoms with Gasteiger partial charge in [0.2, 0.25) is 18.6 Å². The summed E-state index contributed by atoms with van der Waals surface area (Å²) in [6.45, 7) is 3.19. The summed E-state index contributed by atoms with van der Waals surface area (Å²) in [6, 6.07) is 13.2. The molecule has 2 bridgehead atoms. The number of methoxy groups -OCH3 is 1. The molecule has 2 fully saturated rings. The molecule has 176 valence electrons. The highest BCUT2D eigenvalue weighted by Crippen LogP contribution is 2.60. The molecule has 8 nitrogen and oxygen atoms in total. The van der Waals surface area contributed by atoms with Gasteiger partial charge in [0, 0.05) is 18.7 Å². The Morgan fingerprint density at radius 3 is 2.88 bits per heavy atom. The van der Waals surface area contributed by atoms with E-state index in [0.29, 0.717) is 36.9 Å². The molecule has 0 saturated carbocycles. The number of nitrogens with zero attached hydrogens (tertiary/aromatic N) is 1. The Morgan fingerprint density at radius 2 is 2.03 bits per heavy atom. The molecule has 4 aliphatic heterocycles. The maximum atomic E-state index is 13.8. The summed E-state index contributed by atoms with van der Waals surface area (Å²) >= 11 is 0. The lowest BCUT2D eigenvalue weighted by Crippen LogP contribution is -2.52. The van der Waals surface area contributed by atoms with Gasteiger partial charge in [-0.25, -0.2) is 0 Å². The fourth-order valence-corrected chi connectivity index (χ4v) is 5.83. The van der Waals surface area contributed by atoms with E-state index in [2.05, 4.69) is 5.32 Å². The maximum absolute atomic E-state index is 13.8. The van der Waals surface area contributed by atoms with Crippen LogP contribution in [0.3, 0.4) is 0 Å². The number of nitrogens with one attached hydrogen (secondary N) is 1. The molecular weight excluding hydrogens is 436 g/mol. The number of amides is 2. The molecule has 6 rings (SSSR count). The van der Waals surface area contributed by atoms with Gasteiger partial charge in [-0.3, -0.25) is 9.59 Å². The minimum atomic E-state index is -0.979. The number of likely N-dealkylation sites (tertiary alicyclic amines) is 1. The second kappa shape index (κ2) is 7.50. The van der Waals surface area contributed by atoms with E-state index >= 15 is 0 Å². The SMILES string of the molecule is COc1ccccc1CNC(=O)[C@@H]1[C@H]2C=C[C@@]3(CN(Cc4ccc5c(c4)OCO5)C(=O)[C@@]13C)O2. The van der Waals surface area contributed by atoms with E-state index in [9.17, 15) is 9.59 Å². The molecule has 4 aliphatic rings. The van der Waals surface area contributed by atoms with Crippen LogP contribution < -0.4 is 19.5 Å². The average Bonchev–Trinajstić information content (AvgIpc) is 3.58. The van der Waals surface area contributed by atoms with Gasteiger partial charge < -0.3 is 29.2 Å². The molecule has 2 aromatic carbocycles. The molecule has 1 spiro atoms. The van der Waals surface area contributed by atoms with Gasteiger partial charge >= 0.3 is 0 Å². The summed E-state index contributed by atoms with van der Waals surface area (Å²) in [5, 5.41) is 3.01. The molecule has 1 N–H and O–H groups in total. The number of benzene rings is 2. The van der Waals surface area contributed by atoms with E-state index in [-0.39, 0.29) is 18.6 Å². The molecule has 0 unspecified atom stereocenters. The van der Waals surface area contributed by atoms with Gasteiger partial charge in [0.05, 0.1) is 31.1 Å². The molecule has 0 aliphatic carbocycles. The van der Waals surface area contributed by atoms with Crippen LogP contribution in [0.15, 0.2) is 54.6 Å². The Kier molecular flexibility index (Phi) is 4.64. The van der Waals surface area contributed by atoms with Crippen molar-refractivity contribution in [2.45, 2.75) is 31.7 Å². The number of rotatable bonds is 6. The van der Waals surface area contributed by atoms with Crippen molar-refractivity contribution in [1.82, 2.24) is 10.2 Å². The van der Waals surface area contributed by atoms with E-state index < -0.39 is 23.0 Å². The van der Waals surface area contributed by atoms with Gasteiger partial charge in [-0.1, -0.05) is 36.4 Å². The van der Waals surface area contributed by atoms with Crippen molar-refractivity contribution in [3.8, 4) is 17.2 Å². The van der Waals surface area contributed by atoms with Crippen LogP contribution in [0, 0.1) is 11.3 Å². The van der Waals surface area contributed by atoms with E-state index in [4.69, 9.17) is 18.9 Å². The summed E-state index contributed by atoms with van der Waals surface area (Å²) < 4.78 is 22.6. The van der Waals surface area contributed by atoms with Gasteiger partial charge in [0.25, 0.3) is 0 Å². The van der Waals surface area contributed by atoms with E-state index in [1.165, 1.54) is 0 Å². The first-order valence-corrected chi connectivity index (χ1v) is 11.4. The second-order valence-electron chi connectivity index (χ2n) is 9.39. The zero-order valence-corrected chi connectivity index (χ0v) is 19.1. The third-order valence-electron chi connectivity index (χ3n) is 7.63. The van der Waals surface area contributed by atoms with Crippen molar-refractivity contribution in [1.29, 1.82) is 0 Å². The van der Waals surface area contributed by atoms with Crippen molar-refractivity contribution < 1.29 is 28.5 Å². The third-order valence-corrected chi connectivity index (χ3v) is 7.63. The van der Waals surface area contributed by atoms with Crippen LogP contribution in [0.5, 0.6) is 17.2 Å². The predicted octanol–water partition coefficient (Wildman–Crippen LogP) is 2.41. The second-order valence-corrected chi connectivity index (χ2v) is 9.39. The highest BCUT2D eigenvalue weighted by molar-refractivity contribution is 5.96. The molecule has 0 radical (unpaired) electrons. The van der Waals surface area contributed by atoms with Crippen molar-refractivity contribution in [3.63, 3.8) is 0 Å². The third kappa shape index (κ3) is 2.88. The first kappa shape index (κ1) is 21.0. The lowest BCUT2D eigenvalue weighted by Gasteiger charge is -2.34. The van der Waals surface area contributed by atoms with Crippen LogP contribution in [-0.2, 0) is 27.4 Å². The molecule has 2 amide bonds. The molecule has 0 aromatic heterocycles. The molecule has 4 atom stereocenters. The van der Waals surface area contributed by atoms with Crippen molar-refractivity contribution >= 4 is 11.8 Å². The number of hydrogen-bond donors (Lipinski definition) is 1. The van der Waals surface area contributed by atoms with Gasteiger partial charge in [-0.2, -0.15) is 0 Å². The topological polar surface area (TPSA) is 86.3 Å². The lowest BCUT2D eigenvalue weighted by atomic mass is 9.64. The molecule has 34 heavy (non-hydrogen) atoms. The number of carbonyl (C=O) groups is 2. The maximum Gasteiger partial charge on any atom is 0.233 e. The highest BCUT2D eigenvalue weighted by Gasteiger charge is 2.74. The van der Waals surface area contributed by atoms with Gasteiger partial charge in [-0.15, -0.1) is 0 Å². The average molecular weight is 463 g/mol. The van der Waals surface area contributed by atoms with Crippen LogP contribution in [0.4, 0.5) is 0 Å². The fourth-order valence-electron chi connectivity index (χ4n) is 5.83. The van der Waals surface area contributed by atoms with Crippen molar-refractivity contribution in [3.05, 3.63) is 65.7 Å². The number of ether oxygens (including phenoxy) is 4. The summed E-state index contributed by atoms with van der Waals surface area (Å²) in [7, 11) is 1.60. The first-order chi connectivity index (χ1) is 16.4. The Balaban J connectivity index is 1.23. The van der Waals surface area contributed by atoms with Crippen LogP contribution >= 0.6 is 0 Å².